The smallest absolute Gasteiger partial charge is 0.0619 e. The van der Waals surface area contributed by atoms with Crippen LogP contribution in [0.3, 0.4) is 0 Å². The highest BCUT2D eigenvalue weighted by Crippen LogP contribution is 2.65. The third-order valence-electron chi connectivity index (χ3n) is 18.2. The first kappa shape index (κ1) is 41.1. The Morgan fingerprint density at radius 1 is 0.147 bits per heavy atom. The summed E-state index contributed by atoms with van der Waals surface area (Å²) in [6, 6.07) is 106. The van der Waals surface area contributed by atoms with Crippen LogP contribution in [0.1, 0.15) is 66.8 Å². The molecule has 0 saturated carbocycles. The molecule has 12 aromatic carbocycles. The summed E-state index contributed by atoms with van der Waals surface area (Å²) in [6.07, 6.45) is 0. The van der Waals surface area contributed by atoms with Crippen LogP contribution in [0.25, 0.3) is 77.9 Å². The van der Waals surface area contributed by atoms with Gasteiger partial charge in [-0.15, -0.1) is 0 Å². The maximum atomic E-state index is 2.50. The number of hydrogen-bond acceptors (Lipinski definition) is 0. The molecule has 5 aliphatic carbocycles. The Morgan fingerprint density at radius 2 is 0.387 bits per heavy atom. The lowest BCUT2D eigenvalue weighted by atomic mass is 9.67. The summed E-state index contributed by atoms with van der Waals surface area (Å²) in [5.41, 5.74) is 32.9. The molecule has 0 N–H and O–H groups in total. The molecule has 2 spiro atoms. The molecule has 0 aromatic heterocycles. The summed E-state index contributed by atoms with van der Waals surface area (Å²) < 4.78 is 0. The fourth-order valence-corrected chi connectivity index (χ4v) is 15.4. The van der Waals surface area contributed by atoms with E-state index in [0.29, 0.717) is 0 Å². The van der Waals surface area contributed by atoms with E-state index in [1.54, 1.807) is 0 Å². The lowest BCUT2D eigenvalue weighted by Crippen LogP contribution is -2.28. The van der Waals surface area contributed by atoms with E-state index in [0.717, 1.165) is 0 Å². The van der Waals surface area contributed by atoms with Crippen LogP contribution in [0.15, 0.2) is 279 Å². The van der Waals surface area contributed by atoms with E-state index >= 15 is 0 Å². The fraction of sp³-hybridized carbons (Fsp3) is 0.0400. The van der Waals surface area contributed by atoms with Gasteiger partial charge in [0.1, 0.15) is 0 Å². The molecule has 346 valence electrons. The molecule has 0 fully saturated rings. The van der Waals surface area contributed by atoms with Crippen molar-refractivity contribution in [1.29, 1.82) is 0 Å². The zero-order chi connectivity index (χ0) is 49.0. The van der Waals surface area contributed by atoms with Gasteiger partial charge in [-0.25, -0.2) is 0 Å². The molecule has 17 rings (SSSR count). The summed E-state index contributed by atoms with van der Waals surface area (Å²) in [5.74, 6) is 0. The topological polar surface area (TPSA) is 0 Å². The molecule has 0 aliphatic heterocycles. The molecule has 75 heavy (non-hydrogen) atoms. The summed E-state index contributed by atoms with van der Waals surface area (Å²) in [6.45, 7) is 0. The second-order valence-electron chi connectivity index (χ2n) is 21.3. The molecule has 0 nitrogen and oxygen atoms in total. The average molecular weight is 947 g/mol. The van der Waals surface area contributed by atoms with E-state index in [2.05, 4.69) is 279 Å². The van der Waals surface area contributed by atoms with Gasteiger partial charge in [0.05, 0.1) is 16.2 Å². The average Bonchev–Trinajstić information content (AvgIpc) is 4.33. The monoisotopic (exact) mass is 946 g/mol. The quantitative estimate of drug-likeness (QED) is 0.165. The summed E-state index contributed by atoms with van der Waals surface area (Å²) in [7, 11) is 0. The maximum Gasteiger partial charge on any atom is 0.0725 e. The Kier molecular flexibility index (Phi) is 8.16. The van der Waals surface area contributed by atoms with Gasteiger partial charge < -0.3 is 0 Å². The molecule has 0 heteroatoms. The minimum Gasteiger partial charge on any atom is -0.0619 e. The van der Waals surface area contributed by atoms with Crippen molar-refractivity contribution in [2.45, 2.75) is 16.2 Å². The first-order valence-electron chi connectivity index (χ1n) is 26.5. The lowest BCUT2D eigenvalue weighted by Gasteiger charge is -2.34. The molecule has 0 heterocycles. The Balaban J connectivity index is 0.797. The zero-order valence-corrected chi connectivity index (χ0v) is 41.1. The zero-order valence-electron chi connectivity index (χ0n) is 41.1. The molecule has 0 atom stereocenters. The van der Waals surface area contributed by atoms with Crippen LogP contribution in [0.2, 0.25) is 0 Å². The number of rotatable bonds is 4. The van der Waals surface area contributed by atoms with Gasteiger partial charge in [0, 0.05) is 0 Å². The van der Waals surface area contributed by atoms with Crippen molar-refractivity contribution in [3.8, 4) is 77.9 Å². The molecule has 0 unspecified atom stereocenters. The highest BCUT2D eigenvalue weighted by Gasteiger charge is 2.53. The maximum absolute atomic E-state index is 2.50. The van der Waals surface area contributed by atoms with E-state index in [1.807, 2.05) is 0 Å². The molecular formula is C75H46. The Morgan fingerprint density at radius 3 is 0.747 bits per heavy atom. The van der Waals surface area contributed by atoms with E-state index in [4.69, 9.17) is 0 Å². The Bertz CT molecular complexity index is 4260. The van der Waals surface area contributed by atoms with E-state index in [9.17, 15) is 0 Å². The number of fused-ring (bicyclic) bond motifs is 23. The Labute approximate surface area is 437 Å². The van der Waals surface area contributed by atoms with Gasteiger partial charge in [-0.1, -0.05) is 267 Å². The highest BCUT2D eigenvalue weighted by molar-refractivity contribution is 5.98. The molecule has 0 radical (unpaired) electrons. The second kappa shape index (κ2) is 14.9. The van der Waals surface area contributed by atoms with E-state index < -0.39 is 5.41 Å². The van der Waals surface area contributed by atoms with Crippen LogP contribution >= 0.6 is 0 Å². The lowest BCUT2D eigenvalue weighted by molar-refractivity contribution is 0.768. The molecule has 5 aliphatic rings. The third kappa shape index (κ3) is 5.03. The molecule has 0 bridgehead atoms. The first-order chi connectivity index (χ1) is 37.2. The summed E-state index contributed by atoms with van der Waals surface area (Å²) in [5, 5.41) is 0. The van der Waals surface area contributed by atoms with Gasteiger partial charge in [-0.2, -0.15) is 0 Å². The van der Waals surface area contributed by atoms with Crippen LogP contribution in [-0.4, -0.2) is 0 Å². The SMILES string of the molecule is c1ccc2c(c1)-c1ccccc1C2(c1ccc(-c2ccc3c(c2)-c2ccccc2C32c3ccccc3-c3ccccc32)cc1)c1ccc(-c2ccc3c(c2)C2(c4ccccc4-c4ccccc42)c2ccccc2-3)cc1. The van der Waals surface area contributed by atoms with Gasteiger partial charge in [0.25, 0.3) is 0 Å². The van der Waals surface area contributed by atoms with Crippen molar-refractivity contribution < 1.29 is 0 Å². The van der Waals surface area contributed by atoms with Crippen LogP contribution in [0, 0.1) is 0 Å². The van der Waals surface area contributed by atoms with Crippen molar-refractivity contribution >= 4 is 0 Å². The van der Waals surface area contributed by atoms with Crippen LogP contribution in [-0.2, 0) is 16.2 Å². The van der Waals surface area contributed by atoms with Gasteiger partial charge in [-0.05, 0) is 157 Å². The van der Waals surface area contributed by atoms with Gasteiger partial charge in [-0.3, -0.25) is 0 Å². The van der Waals surface area contributed by atoms with Crippen LogP contribution in [0.4, 0.5) is 0 Å². The van der Waals surface area contributed by atoms with Gasteiger partial charge in [0.2, 0.25) is 0 Å². The van der Waals surface area contributed by atoms with E-state index in [1.165, 1.54) is 145 Å². The molecule has 0 amide bonds. The van der Waals surface area contributed by atoms with Crippen molar-refractivity contribution in [3.63, 3.8) is 0 Å². The number of hydrogen-bond donors (Lipinski definition) is 0. The van der Waals surface area contributed by atoms with Gasteiger partial charge in [0.15, 0.2) is 0 Å². The minimum absolute atomic E-state index is 0.352. The fourth-order valence-electron chi connectivity index (χ4n) is 15.4. The summed E-state index contributed by atoms with van der Waals surface area (Å²) in [4.78, 5) is 0. The van der Waals surface area contributed by atoms with Crippen LogP contribution in [0.5, 0.6) is 0 Å². The Hall–Kier alpha value is -9.36. The normalized spacial score (nSPS) is 15.0. The third-order valence-corrected chi connectivity index (χ3v) is 18.2. The van der Waals surface area contributed by atoms with E-state index in [-0.39, 0.29) is 10.8 Å². The minimum atomic E-state index is -0.530. The number of benzene rings is 12. The van der Waals surface area contributed by atoms with Crippen molar-refractivity contribution in [2.24, 2.45) is 0 Å². The largest absolute Gasteiger partial charge is 0.0725 e. The predicted octanol–water partition coefficient (Wildman–Crippen LogP) is 18.1. The first-order valence-corrected chi connectivity index (χ1v) is 26.5. The van der Waals surface area contributed by atoms with Crippen molar-refractivity contribution in [2.75, 3.05) is 0 Å². The van der Waals surface area contributed by atoms with Crippen molar-refractivity contribution in [3.05, 3.63) is 346 Å². The van der Waals surface area contributed by atoms with Crippen LogP contribution < -0.4 is 0 Å². The summed E-state index contributed by atoms with van der Waals surface area (Å²) >= 11 is 0. The molecule has 12 aromatic rings. The standard InChI is InChI=1S/C75H46/c1-9-25-63-53(17-1)54-18-2-10-26-64(54)73(63,51-39-33-47(34-40-51)49-38-44-71-62(45-49)60-24-8-16-32-70(60)74(71)65-27-11-3-19-55(65)56-20-4-12-28-66(56)74)52-41-35-48(36-42-52)50-37-43-61-59-23-7-15-31-69(59)75(72(61)46-50)67-29-13-5-21-57(67)58-22-6-14-30-68(58)75/h1-46H. The highest BCUT2D eigenvalue weighted by atomic mass is 14.5. The second-order valence-corrected chi connectivity index (χ2v) is 21.3. The molecular weight excluding hydrogens is 901 g/mol. The van der Waals surface area contributed by atoms with Gasteiger partial charge >= 0.3 is 0 Å². The van der Waals surface area contributed by atoms with Crippen molar-refractivity contribution in [1.82, 2.24) is 0 Å². The predicted molar refractivity (Wildman–Crippen MR) is 307 cm³/mol. The molecule has 0 saturated heterocycles.